The molecule has 0 fully saturated rings. The van der Waals surface area contributed by atoms with Crippen molar-refractivity contribution in [2.45, 2.75) is 17.9 Å². The summed E-state index contributed by atoms with van der Waals surface area (Å²) in [6.07, 6.45) is 3.83. The van der Waals surface area contributed by atoms with Gasteiger partial charge in [-0.1, -0.05) is 0 Å². The Morgan fingerprint density at radius 1 is 1.41 bits per heavy atom. The van der Waals surface area contributed by atoms with Crippen molar-refractivity contribution in [3.8, 4) is 0 Å². The fraction of sp³-hybridized carbons (Fsp3) is 0.286. The summed E-state index contributed by atoms with van der Waals surface area (Å²) in [7, 11) is 1.59. The molecule has 8 heteroatoms. The first-order valence-electron chi connectivity index (χ1n) is 6.56. The van der Waals surface area contributed by atoms with Gasteiger partial charge in [-0.15, -0.1) is 11.8 Å². The molecule has 22 heavy (non-hydrogen) atoms. The van der Waals surface area contributed by atoms with E-state index < -0.39 is 11.9 Å². The summed E-state index contributed by atoms with van der Waals surface area (Å²) in [6.45, 7) is 1.67. The number of thioether (sulfide) groups is 1. The summed E-state index contributed by atoms with van der Waals surface area (Å²) < 4.78 is 14.1. The number of nitrogens with zero attached hydrogens (tertiary/aromatic N) is 2. The lowest BCUT2D eigenvalue weighted by atomic mass is 10.2. The van der Waals surface area contributed by atoms with Crippen molar-refractivity contribution in [3.63, 3.8) is 0 Å². The highest BCUT2D eigenvalue weighted by atomic mass is 32.2. The van der Waals surface area contributed by atoms with E-state index in [4.69, 9.17) is 0 Å². The minimum Gasteiger partial charge on any atom is -0.317 e. The number of carbonyl (C=O) groups excluding carboxylic acids is 2. The Balaban J connectivity index is 2.30. The van der Waals surface area contributed by atoms with Crippen LogP contribution >= 0.6 is 11.8 Å². The number of amides is 2. The summed E-state index contributed by atoms with van der Waals surface area (Å²) in [5.74, 6) is -0.251. The topological polar surface area (TPSA) is 64.7 Å². The Kier molecular flexibility index (Phi) is 4.92. The van der Waals surface area contributed by atoms with E-state index in [1.807, 2.05) is 6.26 Å². The van der Waals surface area contributed by atoms with Crippen LogP contribution in [0.2, 0.25) is 0 Å². The third kappa shape index (κ3) is 3.16. The number of hydrogen-bond donors (Lipinski definition) is 2. The number of halogens is 1. The minimum absolute atomic E-state index is 0.176. The molecule has 2 rings (SSSR count). The van der Waals surface area contributed by atoms with Crippen molar-refractivity contribution in [2.24, 2.45) is 0 Å². The van der Waals surface area contributed by atoms with Gasteiger partial charge in [-0.3, -0.25) is 20.0 Å². The lowest BCUT2D eigenvalue weighted by Gasteiger charge is -2.38. The van der Waals surface area contributed by atoms with E-state index >= 15 is 0 Å². The van der Waals surface area contributed by atoms with Crippen molar-refractivity contribution in [1.82, 2.24) is 15.2 Å². The summed E-state index contributed by atoms with van der Waals surface area (Å²) in [5.41, 5.74) is 3.07. The molecule has 1 aliphatic heterocycles. The van der Waals surface area contributed by atoms with Crippen LogP contribution in [0.5, 0.6) is 0 Å². The molecule has 1 atom stereocenters. The Morgan fingerprint density at radius 2 is 2.14 bits per heavy atom. The molecule has 0 aliphatic carbocycles. The van der Waals surface area contributed by atoms with Gasteiger partial charge in [0.2, 0.25) is 6.41 Å². The zero-order valence-electron chi connectivity index (χ0n) is 12.5. The van der Waals surface area contributed by atoms with Crippen LogP contribution in [-0.4, -0.2) is 41.6 Å². The van der Waals surface area contributed by atoms with Crippen LogP contribution in [0.15, 0.2) is 35.1 Å². The monoisotopic (exact) mass is 324 g/mol. The molecule has 0 aromatic heterocycles. The van der Waals surface area contributed by atoms with E-state index in [0.29, 0.717) is 12.2 Å². The molecule has 0 saturated carbocycles. The second kappa shape index (κ2) is 6.69. The molecule has 118 valence electrons. The van der Waals surface area contributed by atoms with E-state index in [0.717, 1.165) is 4.90 Å². The molecule has 0 spiro atoms. The van der Waals surface area contributed by atoms with Gasteiger partial charge in [-0.2, -0.15) is 0 Å². The van der Waals surface area contributed by atoms with E-state index in [2.05, 4.69) is 10.7 Å². The largest absolute Gasteiger partial charge is 0.317 e. The van der Waals surface area contributed by atoms with Gasteiger partial charge in [0.05, 0.1) is 5.69 Å². The SMILES string of the molecule is CSc1ccc(NN2C(NC=O)=CN(C)C(=O)C2C)c(F)c1. The first-order chi connectivity index (χ1) is 10.5. The maximum atomic E-state index is 14.1. The maximum absolute atomic E-state index is 14.1. The number of carbonyl (C=O) groups is 2. The number of anilines is 1. The van der Waals surface area contributed by atoms with E-state index in [1.165, 1.54) is 33.9 Å². The molecule has 1 aliphatic rings. The van der Waals surface area contributed by atoms with Crippen molar-refractivity contribution >= 4 is 29.8 Å². The molecule has 0 saturated heterocycles. The second-order valence-electron chi connectivity index (χ2n) is 4.73. The summed E-state index contributed by atoms with van der Waals surface area (Å²) in [6, 6.07) is 4.17. The maximum Gasteiger partial charge on any atom is 0.250 e. The fourth-order valence-electron chi connectivity index (χ4n) is 2.09. The minimum atomic E-state index is -0.600. The highest BCUT2D eigenvalue weighted by Crippen LogP contribution is 2.24. The van der Waals surface area contributed by atoms with E-state index in [-0.39, 0.29) is 11.6 Å². The molecule has 0 bridgehead atoms. The molecule has 2 N–H and O–H groups in total. The highest BCUT2D eigenvalue weighted by molar-refractivity contribution is 7.98. The standard InChI is InChI=1S/C14H17FN4O2S/c1-9-14(21)18(2)7-13(16-8-20)19(9)17-12-5-4-10(22-3)6-11(12)15/h4-9,17H,1-3H3,(H,16,20). The molecular formula is C14H17FN4O2S. The zero-order valence-corrected chi connectivity index (χ0v) is 13.3. The first kappa shape index (κ1) is 16.2. The smallest absolute Gasteiger partial charge is 0.250 e. The van der Waals surface area contributed by atoms with Crippen LogP contribution in [0.1, 0.15) is 6.92 Å². The van der Waals surface area contributed by atoms with Crippen molar-refractivity contribution < 1.29 is 14.0 Å². The predicted molar refractivity (Wildman–Crippen MR) is 83.2 cm³/mol. The number of likely N-dealkylation sites (N-methyl/N-ethyl adjacent to an activating group) is 1. The van der Waals surface area contributed by atoms with Gasteiger partial charge in [0.1, 0.15) is 17.7 Å². The van der Waals surface area contributed by atoms with Crippen LogP contribution in [0, 0.1) is 5.82 Å². The normalized spacial score (nSPS) is 18.1. The average molecular weight is 324 g/mol. The molecule has 1 unspecified atom stereocenters. The quantitative estimate of drug-likeness (QED) is 0.636. The second-order valence-corrected chi connectivity index (χ2v) is 5.61. The lowest BCUT2D eigenvalue weighted by molar-refractivity contribution is -0.133. The van der Waals surface area contributed by atoms with Gasteiger partial charge < -0.3 is 10.2 Å². The number of nitrogens with one attached hydrogen (secondary N) is 2. The third-order valence-corrected chi connectivity index (χ3v) is 4.02. The van der Waals surface area contributed by atoms with Crippen LogP contribution < -0.4 is 10.7 Å². The summed E-state index contributed by atoms with van der Waals surface area (Å²) >= 11 is 1.44. The lowest BCUT2D eigenvalue weighted by Crippen LogP contribution is -2.53. The molecule has 2 amide bonds. The van der Waals surface area contributed by atoms with Crippen LogP contribution in [-0.2, 0) is 9.59 Å². The predicted octanol–water partition coefficient (Wildman–Crippen LogP) is 1.58. The van der Waals surface area contributed by atoms with Crippen molar-refractivity contribution in [1.29, 1.82) is 0 Å². The summed E-state index contributed by atoms with van der Waals surface area (Å²) in [5, 5.41) is 3.93. The van der Waals surface area contributed by atoms with E-state index in [9.17, 15) is 14.0 Å². The number of rotatable bonds is 5. The zero-order chi connectivity index (χ0) is 16.3. The molecule has 1 aromatic rings. The third-order valence-electron chi connectivity index (χ3n) is 3.29. The van der Waals surface area contributed by atoms with Gasteiger partial charge in [0, 0.05) is 18.1 Å². The van der Waals surface area contributed by atoms with Gasteiger partial charge in [-0.05, 0) is 31.4 Å². The van der Waals surface area contributed by atoms with Crippen molar-refractivity contribution in [2.75, 3.05) is 18.7 Å². The molecule has 6 nitrogen and oxygen atoms in total. The Morgan fingerprint density at radius 3 is 2.73 bits per heavy atom. The van der Waals surface area contributed by atoms with E-state index in [1.54, 1.807) is 26.1 Å². The first-order valence-corrected chi connectivity index (χ1v) is 7.78. The van der Waals surface area contributed by atoms with Gasteiger partial charge >= 0.3 is 0 Å². The number of hydrazine groups is 1. The molecule has 1 heterocycles. The molecule has 1 aromatic carbocycles. The number of hydrogen-bond acceptors (Lipinski definition) is 5. The van der Waals surface area contributed by atoms with Gasteiger partial charge in [0.15, 0.2) is 0 Å². The molecule has 0 radical (unpaired) electrons. The summed E-state index contributed by atoms with van der Waals surface area (Å²) in [4.78, 5) is 25.0. The van der Waals surface area contributed by atoms with Crippen LogP contribution in [0.25, 0.3) is 0 Å². The molecular weight excluding hydrogens is 307 g/mol. The van der Waals surface area contributed by atoms with Crippen molar-refractivity contribution in [3.05, 3.63) is 36.0 Å². The van der Waals surface area contributed by atoms with Gasteiger partial charge in [0.25, 0.3) is 5.91 Å². The Hall–Kier alpha value is -2.22. The Labute approximate surface area is 132 Å². The van der Waals surface area contributed by atoms with Crippen LogP contribution in [0.4, 0.5) is 10.1 Å². The Bertz CT molecular complexity index is 623. The van der Waals surface area contributed by atoms with Crippen LogP contribution in [0.3, 0.4) is 0 Å². The highest BCUT2D eigenvalue weighted by Gasteiger charge is 2.31. The van der Waals surface area contributed by atoms with Gasteiger partial charge in [-0.25, -0.2) is 4.39 Å². The number of benzene rings is 1. The average Bonchev–Trinajstić information content (AvgIpc) is 2.50. The fourth-order valence-corrected chi connectivity index (χ4v) is 2.52.